The second kappa shape index (κ2) is 7.49. The van der Waals surface area contributed by atoms with Crippen LogP contribution in [0.3, 0.4) is 0 Å². The van der Waals surface area contributed by atoms with E-state index in [0.29, 0.717) is 11.7 Å². The van der Waals surface area contributed by atoms with Crippen LogP contribution in [0.2, 0.25) is 0 Å². The summed E-state index contributed by atoms with van der Waals surface area (Å²) in [6, 6.07) is 8.00. The summed E-state index contributed by atoms with van der Waals surface area (Å²) in [6.45, 7) is 2.49. The van der Waals surface area contributed by atoms with E-state index < -0.39 is 6.10 Å². The summed E-state index contributed by atoms with van der Waals surface area (Å²) in [6.07, 6.45) is 0.383. The predicted molar refractivity (Wildman–Crippen MR) is 88.4 cm³/mol. The third-order valence-electron chi connectivity index (χ3n) is 3.76. The number of benzene rings is 1. The predicted octanol–water partition coefficient (Wildman–Crippen LogP) is 1.08. The summed E-state index contributed by atoms with van der Waals surface area (Å²) in [5, 5.41) is 23.1. The van der Waals surface area contributed by atoms with Gasteiger partial charge in [-0.3, -0.25) is 10.2 Å². The zero-order valence-corrected chi connectivity index (χ0v) is 13.4. The number of nitrogens with one attached hydrogen (secondary N) is 2. The van der Waals surface area contributed by atoms with Crippen LogP contribution in [0.4, 0.5) is 9.93 Å². The van der Waals surface area contributed by atoms with Gasteiger partial charge >= 0.3 is 6.03 Å². The Bertz CT molecular complexity index is 649. The molecule has 2 amide bonds. The molecule has 2 aromatic rings. The van der Waals surface area contributed by atoms with Gasteiger partial charge < -0.3 is 10.4 Å². The number of hydrogen-bond acceptors (Lipinski definition) is 6. The van der Waals surface area contributed by atoms with Gasteiger partial charge in [-0.05, 0) is 17.5 Å². The van der Waals surface area contributed by atoms with Gasteiger partial charge in [0, 0.05) is 26.2 Å². The van der Waals surface area contributed by atoms with E-state index in [9.17, 15) is 9.90 Å². The Balaban J connectivity index is 1.41. The molecule has 2 heterocycles. The Hall–Kier alpha value is -2.03. The van der Waals surface area contributed by atoms with Crippen LogP contribution in [0.25, 0.3) is 0 Å². The van der Waals surface area contributed by atoms with Crippen LogP contribution < -0.4 is 10.6 Å². The highest BCUT2D eigenvalue weighted by molar-refractivity contribution is 7.13. The van der Waals surface area contributed by atoms with Gasteiger partial charge in [-0.2, -0.15) is 0 Å². The minimum Gasteiger partial charge on any atom is -0.390 e. The molecule has 0 bridgehead atoms. The largest absolute Gasteiger partial charge is 0.390 e. The Kier molecular flexibility index (Phi) is 5.16. The van der Waals surface area contributed by atoms with E-state index in [4.69, 9.17) is 0 Å². The molecule has 23 heavy (non-hydrogen) atoms. The van der Waals surface area contributed by atoms with Crippen molar-refractivity contribution in [2.75, 3.05) is 25.0 Å². The number of nitrogens with zero attached hydrogens (tertiary/aromatic N) is 3. The molecular formula is C15H19N5O2S. The van der Waals surface area contributed by atoms with Crippen LogP contribution in [0.15, 0.2) is 29.8 Å². The molecule has 1 unspecified atom stereocenters. The normalized spacial score (nSPS) is 15.7. The number of rotatable bonds is 5. The van der Waals surface area contributed by atoms with Gasteiger partial charge in [-0.25, -0.2) is 4.79 Å². The van der Waals surface area contributed by atoms with E-state index in [0.717, 1.165) is 19.5 Å². The first-order chi connectivity index (χ1) is 11.2. The summed E-state index contributed by atoms with van der Waals surface area (Å²) in [5.74, 6) is 0. The summed E-state index contributed by atoms with van der Waals surface area (Å²) < 4.78 is 0. The van der Waals surface area contributed by atoms with Gasteiger partial charge in [0.05, 0.1) is 6.10 Å². The van der Waals surface area contributed by atoms with Crippen molar-refractivity contribution in [3.8, 4) is 0 Å². The van der Waals surface area contributed by atoms with Crippen molar-refractivity contribution in [2.24, 2.45) is 0 Å². The number of carbonyl (C=O) groups is 1. The molecule has 0 aliphatic carbocycles. The number of anilines is 1. The van der Waals surface area contributed by atoms with Gasteiger partial charge in [0.1, 0.15) is 5.51 Å². The Morgan fingerprint density at radius 1 is 1.39 bits per heavy atom. The van der Waals surface area contributed by atoms with Crippen LogP contribution >= 0.6 is 11.3 Å². The molecule has 7 nitrogen and oxygen atoms in total. The number of fused-ring (bicyclic) bond motifs is 1. The van der Waals surface area contributed by atoms with Crippen LogP contribution in [0, 0.1) is 0 Å². The minimum absolute atomic E-state index is 0.197. The summed E-state index contributed by atoms with van der Waals surface area (Å²) in [4.78, 5) is 13.9. The molecule has 1 aliphatic rings. The first kappa shape index (κ1) is 15.9. The van der Waals surface area contributed by atoms with Crippen LogP contribution in [-0.4, -0.2) is 52.0 Å². The highest BCUT2D eigenvalue weighted by Gasteiger charge is 2.18. The third-order valence-corrected chi connectivity index (χ3v) is 4.36. The maximum absolute atomic E-state index is 11.7. The maximum atomic E-state index is 11.7. The number of urea groups is 1. The quantitative estimate of drug-likeness (QED) is 0.762. The van der Waals surface area contributed by atoms with Crippen LogP contribution in [-0.2, 0) is 13.0 Å². The summed E-state index contributed by atoms with van der Waals surface area (Å²) in [7, 11) is 0. The fraction of sp³-hybridized carbons (Fsp3) is 0.400. The smallest absolute Gasteiger partial charge is 0.321 e. The number of aliphatic hydroxyl groups is 1. The number of β-amino-alcohol motifs (C(OH)–C–C–N with tert-alkyl or cyclic N) is 1. The standard InChI is InChI=1S/C15H19N5O2S/c21-13(7-16-14(22)18-15-19-17-10-23-15)9-20-6-5-11-3-1-2-4-12(11)8-20/h1-4,10,13,21H,5-9H2,(H2,16,18,19,22). The lowest BCUT2D eigenvalue weighted by Crippen LogP contribution is -2.42. The van der Waals surface area contributed by atoms with Crippen molar-refractivity contribution in [1.82, 2.24) is 20.4 Å². The van der Waals surface area contributed by atoms with E-state index in [1.54, 1.807) is 5.51 Å². The van der Waals surface area contributed by atoms with Crippen molar-refractivity contribution in [2.45, 2.75) is 19.1 Å². The van der Waals surface area contributed by atoms with Gasteiger partial charge in [0.2, 0.25) is 5.13 Å². The molecule has 3 rings (SSSR count). The lowest BCUT2D eigenvalue weighted by molar-refractivity contribution is 0.106. The van der Waals surface area contributed by atoms with Crippen molar-refractivity contribution in [3.63, 3.8) is 0 Å². The van der Waals surface area contributed by atoms with Gasteiger partial charge in [-0.15, -0.1) is 10.2 Å². The second-order valence-electron chi connectivity index (χ2n) is 5.49. The van der Waals surface area contributed by atoms with E-state index in [1.165, 1.54) is 22.5 Å². The van der Waals surface area contributed by atoms with Gasteiger partial charge in [-0.1, -0.05) is 35.6 Å². The average molecular weight is 333 g/mol. The van der Waals surface area contributed by atoms with Crippen molar-refractivity contribution in [1.29, 1.82) is 0 Å². The van der Waals surface area contributed by atoms with E-state index in [-0.39, 0.29) is 12.6 Å². The molecule has 0 saturated carbocycles. The highest BCUT2D eigenvalue weighted by atomic mass is 32.1. The van der Waals surface area contributed by atoms with Crippen molar-refractivity contribution < 1.29 is 9.90 Å². The molecule has 1 aromatic carbocycles. The second-order valence-corrected chi connectivity index (χ2v) is 6.32. The maximum Gasteiger partial charge on any atom is 0.321 e. The molecule has 122 valence electrons. The Labute approximate surface area is 138 Å². The lowest BCUT2D eigenvalue weighted by Gasteiger charge is -2.30. The molecule has 1 aromatic heterocycles. The van der Waals surface area contributed by atoms with E-state index in [2.05, 4.69) is 43.9 Å². The van der Waals surface area contributed by atoms with E-state index in [1.807, 2.05) is 6.07 Å². The Morgan fingerprint density at radius 3 is 3.00 bits per heavy atom. The summed E-state index contributed by atoms with van der Waals surface area (Å²) >= 11 is 1.24. The number of hydrogen-bond donors (Lipinski definition) is 3. The van der Waals surface area contributed by atoms with Crippen LogP contribution in [0.1, 0.15) is 11.1 Å². The van der Waals surface area contributed by atoms with Gasteiger partial charge in [0.25, 0.3) is 0 Å². The summed E-state index contributed by atoms with van der Waals surface area (Å²) in [5.41, 5.74) is 4.24. The third kappa shape index (κ3) is 4.47. The molecule has 8 heteroatoms. The fourth-order valence-corrected chi connectivity index (χ4v) is 3.09. The lowest BCUT2D eigenvalue weighted by atomic mass is 10.00. The first-order valence-corrected chi connectivity index (χ1v) is 8.37. The number of aromatic nitrogens is 2. The number of amides is 2. The molecule has 0 spiro atoms. The van der Waals surface area contributed by atoms with Gasteiger partial charge in [0.15, 0.2) is 0 Å². The molecule has 1 atom stereocenters. The molecule has 0 radical (unpaired) electrons. The minimum atomic E-state index is -0.611. The number of carbonyl (C=O) groups excluding carboxylic acids is 1. The zero-order valence-electron chi connectivity index (χ0n) is 12.6. The first-order valence-electron chi connectivity index (χ1n) is 7.49. The molecule has 3 N–H and O–H groups in total. The van der Waals surface area contributed by atoms with E-state index >= 15 is 0 Å². The monoisotopic (exact) mass is 333 g/mol. The molecular weight excluding hydrogens is 314 g/mol. The average Bonchev–Trinajstić information content (AvgIpc) is 3.06. The fourth-order valence-electron chi connectivity index (χ4n) is 2.65. The highest BCUT2D eigenvalue weighted by Crippen LogP contribution is 2.18. The SMILES string of the molecule is O=C(NCC(O)CN1CCc2ccccc2C1)Nc1nncs1. The number of aliphatic hydroxyl groups excluding tert-OH is 1. The van der Waals surface area contributed by atoms with Crippen molar-refractivity contribution >= 4 is 22.5 Å². The van der Waals surface area contributed by atoms with Crippen LogP contribution in [0.5, 0.6) is 0 Å². The molecule has 1 aliphatic heterocycles. The zero-order chi connectivity index (χ0) is 16.1. The van der Waals surface area contributed by atoms with Crippen molar-refractivity contribution in [3.05, 3.63) is 40.9 Å². The molecule has 0 saturated heterocycles. The molecule has 0 fully saturated rings. The Morgan fingerprint density at radius 2 is 2.22 bits per heavy atom. The topological polar surface area (TPSA) is 90.4 Å².